The Hall–Kier alpha value is -1.12. The molecule has 2 rings (SSSR count). The van der Waals surface area contributed by atoms with Gasteiger partial charge >= 0.3 is 0 Å². The lowest BCUT2D eigenvalue weighted by Gasteiger charge is -2.04. The molecule has 0 amide bonds. The van der Waals surface area contributed by atoms with Crippen molar-refractivity contribution in [3.63, 3.8) is 0 Å². The molecule has 1 heterocycles. The van der Waals surface area contributed by atoms with Crippen molar-refractivity contribution in [2.24, 2.45) is 0 Å². The first-order valence-electron chi connectivity index (χ1n) is 3.98. The molecule has 1 aromatic heterocycles. The van der Waals surface area contributed by atoms with Gasteiger partial charge in [0.1, 0.15) is 6.33 Å². The highest BCUT2D eigenvalue weighted by molar-refractivity contribution is 6.39. The first-order valence-corrected chi connectivity index (χ1v) is 4.74. The van der Waals surface area contributed by atoms with Crippen LogP contribution in [0.5, 0.6) is 0 Å². The molecule has 0 spiro atoms. The van der Waals surface area contributed by atoms with Crippen molar-refractivity contribution in [2.75, 3.05) is 0 Å². The molecule has 14 heavy (non-hydrogen) atoms. The summed E-state index contributed by atoms with van der Waals surface area (Å²) in [5, 5.41) is 1.21. The van der Waals surface area contributed by atoms with Crippen LogP contribution in [0.15, 0.2) is 36.9 Å². The molecule has 0 unspecified atom stereocenters. The Morgan fingerprint density at radius 1 is 0.929 bits per heavy atom. The topological polar surface area (TPSA) is 25.8 Å². The Balaban J connectivity index is 2.63. The molecule has 0 aliphatic carbocycles. The van der Waals surface area contributed by atoms with Gasteiger partial charge in [0, 0.05) is 23.5 Å². The molecule has 70 valence electrons. The van der Waals surface area contributed by atoms with Gasteiger partial charge in [-0.2, -0.15) is 0 Å². The molecule has 2 aromatic rings. The fraction of sp³-hybridized carbons (Fsp3) is 0. The van der Waals surface area contributed by atoms with E-state index in [0.717, 1.165) is 11.1 Å². The number of halogens is 2. The van der Waals surface area contributed by atoms with E-state index in [9.17, 15) is 0 Å². The van der Waals surface area contributed by atoms with E-state index < -0.39 is 0 Å². The van der Waals surface area contributed by atoms with Crippen LogP contribution in [0.2, 0.25) is 10.0 Å². The van der Waals surface area contributed by atoms with E-state index in [4.69, 9.17) is 23.2 Å². The number of hydrogen-bond acceptors (Lipinski definition) is 2. The summed E-state index contributed by atoms with van der Waals surface area (Å²) in [5.41, 5.74) is 1.60. The second kappa shape index (κ2) is 3.95. The molecule has 0 bridgehead atoms. The Morgan fingerprint density at radius 2 is 1.50 bits per heavy atom. The van der Waals surface area contributed by atoms with Crippen molar-refractivity contribution in [3.05, 3.63) is 47.0 Å². The third-order valence-corrected chi connectivity index (χ3v) is 2.44. The normalized spacial score (nSPS) is 10.1. The van der Waals surface area contributed by atoms with E-state index in [0.29, 0.717) is 10.0 Å². The van der Waals surface area contributed by atoms with Crippen LogP contribution in [-0.4, -0.2) is 9.97 Å². The summed E-state index contributed by atoms with van der Waals surface area (Å²) in [7, 11) is 0. The highest BCUT2D eigenvalue weighted by atomic mass is 35.5. The van der Waals surface area contributed by atoms with Gasteiger partial charge in [-0.1, -0.05) is 29.3 Å². The van der Waals surface area contributed by atoms with Crippen LogP contribution in [0.25, 0.3) is 11.1 Å². The van der Waals surface area contributed by atoms with Gasteiger partial charge in [0.25, 0.3) is 0 Å². The third kappa shape index (κ3) is 1.72. The second-order valence-corrected chi connectivity index (χ2v) is 3.54. The molecule has 2 nitrogen and oxygen atoms in total. The van der Waals surface area contributed by atoms with Gasteiger partial charge in [-0.25, -0.2) is 9.97 Å². The summed E-state index contributed by atoms with van der Waals surface area (Å²) in [5.74, 6) is 0. The zero-order valence-electron chi connectivity index (χ0n) is 7.11. The van der Waals surface area contributed by atoms with Crippen LogP contribution in [-0.2, 0) is 0 Å². The number of rotatable bonds is 1. The maximum Gasteiger partial charge on any atom is 0.115 e. The quantitative estimate of drug-likeness (QED) is 0.742. The Bertz CT molecular complexity index is 423. The fourth-order valence-corrected chi connectivity index (χ4v) is 1.82. The van der Waals surface area contributed by atoms with E-state index in [-0.39, 0.29) is 0 Å². The minimum Gasteiger partial charge on any atom is -0.244 e. The molecule has 0 radical (unpaired) electrons. The van der Waals surface area contributed by atoms with Crippen molar-refractivity contribution in [1.82, 2.24) is 9.97 Å². The Morgan fingerprint density at radius 3 is 2.07 bits per heavy atom. The van der Waals surface area contributed by atoms with Gasteiger partial charge in [-0.3, -0.25) is 0 Å². The van der Waals surface area contributed by atoms with E-state index in [1.165, 1.54) is 6.33 Å². The van der Waals surface area contributed by atoms with Crippen LogP contribution < -0.4 is 0 Å². The minimum atomic E-state index is 0.604. The molecule has 4 heteroatoms. The summed E-state index contributed by atoms with van der Waals surface area (Å²) in [6.45, 7) is 0. The third-order valence-electron chi connectivity index (χ3n) is 1.81. The van der Waals surface area contributed by atoms with Crippen molar-refractivity contribution < 1.29 is 0 Å². The number of aromatic nitrogens is 2. The second-order valence-electron chi connectivity index (χ2n) is 2.72. The zero-order chi connectivity index (χ0) is 9.97. The number of hydrogen-bond donors (Lipinski definition) is 0. The number of benzene rings is 1. The van der Waals surface area contributed by atoms with Gasteiger partial charge in [0.2, 0.25) is 0 Å². The van der Waals surface area contributed by atoms with Gasteiger partial charge in [-0.05, 0) is 12.1 Å². The Labute approximate surface area is 91.5 Å². The van der Waals surface area contributed by atoms with Gasteiger partial charge in [0.15, 0.2) is 0 Å². The van der Waals surface area contributed by atoms with Gasteiger partial charge in [-0.15, -0.1) is 0 Å². The van der Waals surface area contributed by atoms with E-state index in [1.807, 2.05) is 0 Å². The van der Waals surface area contributed by atoms with Crippen LogP contribution in [0.3, 0.4) is 0 Å². The predicted molar refractivity (Wildman–Crippen MR) is 57.5 cm³/mol. The van der Waals surface area contributed by atoms with Gasteiger partial charge < -0.3 is 0 Å². The van der Waals surface area contributed by atoms with Crippen LogP contribution in [0.1, 0.15) is 0 Å². The first kappa shape index (κ1) is 9.44. The first-order chi connectivity index (χ1) is 6.79. The summed E-state index contributed by atoms with van der Waals surface area (Å²) in [4.78, 5) is 7.83. The highest BCUT2D eigenvalue weighted by Crippen LogP contribution is 2.33. The average molecular weight is 225 g/mol. The van der Waals surface area contributed by atoms with E-state index >= 15 is 0 Å². The summed E-state index contributed by atoms with van der Waals surface area (Å²) >= 11 is 12.0. The molecule has 1 aromatic carbocycles. The average Bonchev–Trinajstić information content (AvgIpc) is 2.19. The summed E-state index contributed by atoms with van der Waals surface area (Å²) in [6.07, 6.45) is 4.83. The zero-order valence-corrected chi connectivity index (χ0v) is 8.63. The maximum atomic E-state index is 6.02. The van der Waals surface area contributed by atoms with Crippen molar-refractivity contribution in [1.29, 1.82) is 0 Å². The van der Waals surface area contributed by atoms with Gasteiger partial charge in [0.05, 0.1) is 10.0 Å². The fourth-order valence-electron chi connectivity index (χ4n) is 1.20. The van der Waals surface area contributed by atoms with Crippen LogP contribution in [0, 0.1) is 0 Å². The number of nitrogens with zero attached hydrogens (tertiary/aromatic N) is 2. The molecule has 0 fully saturated rings. The highest BCUT2D eigenvalue weighted by Gasteiger charge is 2.07. The van der Waals surface area contributed by atoms with E-state index in [2.05, 4.69) is 9.97 Å². The molecule has 0 atom stereocenters. The van der Waals surface area contributed by atoms with Crippen LogP contribution >= 0.6 is 23.2 Å². The Kier molecular flexibility index (Phi) is 2.66. The molecular weight excluding hydrogens is 219 g/mol. The SMILES string of the molecule is Clc1cccc(Cl)c1-c1cncnc1. The van der Waals surface area contributed by atoms with Crippen molar-refractivity contribution in [2.45, 2.75) is 0 Å². The lowest BCUT2D eigenvalue weighted by Crippen LogP contribution is -1.84. The van der Waals surface area contributed by atoms with E-state index in [1.54, 1.807) is 30.6 Å². The molecule has 0 aliphatic heterocycles. The summed E-state index contributed by atoms with van der Waals surface area (Å²) < 4.78 is 0. The predicted octanol–water partition coefficient (Wildman–Crippen LogP) is 3.45. The smallest absolute Gasteiger partial charge is 0.115 e. The molecular formula is C10H6Cl2N2. The maximum absolute atomic E-state index is 6.02. The van der Waals surface area contributed by atoms with Crippen molar-refractivity contribution >= 4 is 23.2 Å². The largest absolute Gasteiger partial charge is 0.244 e. The summed E-state index contributed by atoms with van der Waals surface area (Å²) in [6, 6.07) is 5.38. The molecule has 0 saturated heterocycles. The molecule has 0 aliphatic rings. The standard InChI is InChI=1S/C10H6Cl2N2/c11-8-2-1-3-9(12)10(8)7-4-13-6-14-5-7/h1-6H. The molecule has 0 saturated carbocycles. The van der Waals surface area contributed by atoms with Crippen molar-refractivity contribution in [3.8, 4) is 11.1 Å². The lowest BCUT2D eigenvalue weighted by atomic mass is 10.1. The lowest BCUT2D eigenvalue weighted by molar-refractivity contribution is 1.17. The van der Waals surface area contributed by atoms with Crippen LogP contribution in [0.4, 0.5) is 0 Å². The minimum absolute atomic E-state index is 0.604. The monoisotopic (exact) mass is 224 g/mol. The molecule has 0 N–H and O–H groups in total.